The fourth-order valence-electron chi connectivity index (χ4n) is 1.52. The van der Waals surface area contributed by atoms with Crippen LogP contribution in [0.25, 0.3) is 0 Å². The topological polar surface area (TPSA) is 50.9 Å². The van der Waals surface area contributed by atoms with Gasteiger partial charge in [0.05, 0.1) is 6.10 Å². The van der Waals surface area contributed by atoms with Gasteiger partial charge in [-0.05, 0) is 19.8 Å². The van der Waals surface area contributed by atoms with E-state index in [0.29, 0.717) is 0 Å². The van der Waals surface area contributed by atoms with E-state index in [0.717, 1.165) is 38.1 Å². The molecule has 1 rings (SSSR count). The van der Waals surface area contributed by atoms with E-state index in [1.54, 1.807) is 6.33 Å². The van der Waals surface area contributed by atoms with Crippen LogP contribution < -0.4 is 0 Å². The number of hydrogen-bond donors (Lipinski definition) is 1. The lowest BCUT2D eigenvalue weighted by molar-refractivity contribution is 0.153. The molecule has 0 fully saturated rings. The van der Waals surface area contributed by atoms with Crippen molar-refractivity contribution in [2.45, 2.75) is 52.2 Å². The molecule has 1 N–H and O–H groups in total. The van der Waals surface area contributed by atoms with E-state index in [1.165, 1.54) is 0 Å². The number of nitrogens with zero attached hydrogens (tertiary/aromatic N) is 3. The van der Waals surface area contributed by atoms with Crippen LogP contribution in [0.15, 0.2) is 6.33 Å². The van der Waals surface area contributed by atoms with Crippen LogP contribution in [0.2, 0.25) is 0 Å². The highest BCUT2D eigenvalue weighted by atomic mass is 16.3. The van der Waals surface area contributed by atoms with E-state index < -0.39 is 0 Å². The van der Waals surface area contributed by atoms with E-state index >= 15 is 0 Å². The molecule has 0 spiro atoms. The van der Waals surface area contributed by atoms with Crippen molar-refractivity contribution < 1.29 is 5.11 Å². The maximum atomic E-state index is 9.55. The Hall–Kier alpha value is -0.900. The highest BCUT2D eigenvalue weighted by Crippen LogP contribution is 2.06. The molecule has 0 saturated heterocycles. The third-order valence-corrected chi connectivity index (χ3v) is 2.32. The highest BCUT2D eigenvalue weighted by Gasteiger charge is 2.07. The maximum absolute atomic E-state index is 9.55. The molecule has 1 aromatic rings. The van der Waals surface area contributed by atoms with E-state index in [9.17, 15) is 5.11 Å². The predicted octanol–water partition coefficient (Wildman–Crippen LogP) is 1.39. The Balaban J connectivity index is 2.37. The van der Waals surface area contributed by atoms with Crippen LogP contribution in [0.1, 0.15) is 38.9 Å². The van der Waals surface area contributed by atoms with Gasteiger partial charge < -0.3 is 5.11 Å². The van der Waals surface area contributed by atoms with Crippen LogP contribution in [0.5, 0.6) is 0 Å². The van der Waals surface area contributed by atoms with Crippen LogP contribution >= 0.6 is 0 Å². The third-order valence-electron chi connectivity index (χ3n) is 2.32. The third kappa shape index (κ3) is 3.10. The van der Waals surface area contributed by atoms with Gasteiger partial charge in [0.25, 0.3) is 0 Å². The Bertz CT molecular complexity index is 260. The number of aliphatic hydroxyl groups is 1. The van der Waals surface area contributed by atoms with Gasteiger partial charge in [-0.3, -0.25) is 4.68 Å². The van der Waals surface area contributed by atoms with Gasteiger partial charge >= 0.3 is 0 Å². The second-order valence-corrected chi connectivity index (χ2v) is 3.47. The molecule has 0 aromatic carbocycles. The fraction of sp³-hybridized carbons (Fsp3) is 0.800. The summed E-state index contributed by atoms with van der Waals surface area (Å²) in [4.78, 5) is 4.16. The summed E-state index contributed by atoms with van der Waals surface area (Å²) in [5.74, 6) is 0.975. The normalized spacial score (nSPS) is 13.1. The first-order valence-electron chi connectivity index (χ1n) is 5.32. The molecule has 1 aromatic heterocycles. The summed E-state index contributed by atoms with van der Waals surface area (Å²) in [6, 6.07) is 0. The van der Waals surface area contributed by atoms with Crippen LogP contribution in [0.3, 0.4) is 0 Å². The van der Waals surface area contributed by atoms with Gasteiger partial charge in [0.1, 0.15) is 12.2 Å². The van der Waals surface area contributed by atoms with Crippen molar-refractivity contribution in [1.29, 1.82) is 0 Å². The minimum Gasteiger partial charge on any atom is -0.393 e. The SMILES string of the molecule is CCCC(O)CCc1ncnn1CC. The maximum Gasteiger partial charge on any atom is 0.138 e. The molecule has 0 bridgehead atoms. The zero-order valence-electron chi connectivity index (χ0n) is 8.98. The number of aliphatic hydroxyl groups excluding tert-OH is 1. The molecule has 1 unspecified atom stereocenters. The van der Waals surface area contributed by atoms with Crippen molar-refractivity contribution in [3.8, 4) is 0 Å². The van der Waals surface area contributed by atoms with E-state index in [-0.39, 0.29) is 6.10 Å². The molecule has 0 radical (unpaired) electrons. The zero-order chi connectivity index (χ0) is 10.4. The van der Waals surface area contributed by atoms with Crippen molar-refractivity contribution in [3.05, 3.63) is 12.2 Å². The molecule has 0 aliphatic heterocycles. The molecule has 0 saturated carbocycles. The first-order valence-corrected chi connectivity index (χ1v) is 5.32. The van der Waals surface area contributed by atoms with Crippen LogP contribution in [0.4, 0.5) is 0 Å². The number of aromatic nitrogens is 3. The van der Waals surface area contributed by atoms with Crippen molar-refractivity contribution in [3.63, 3.8) is 0 Å². The van der Waals surface area contributed by atoms with Gasteiger partial charge in [-0.25, -0.2) is 4.98 Å². The predicted molar refractivity (Wildman–Crippen MR) is 54.9 cm³/mol. The highest BCUT2D eigenvalue weighted by molar-refractivity contribution is 4.85. The van der Waals surface area contributed by atoms with Crippen LogP contribution in [0, 0.1) is 0 Å². The molecule has 0 amide bonds. The number of aryl methyl sites for hydroxylation is 2. The molecule has 0 aliphatic rings. The fourth-order valence-corrected chi connectivity index (χ4v) is 1.52. The first kappa shape index (κ1) is 11.2. The summed E-state index contributed by atoms with van der Waals surface area (Å²) in [6.07, 6.45) is 4.89. The summed E-state index contributed by atoms with van der Waals surface area (Å²) < 4.78 is 1.87. The lowest BCUT2D eigenvalue weighted by Gasteiger charge is -2.08. The van der Waals surface area contributed by atoms with Crippen molar-refractivity contribution >= 4 is 0 Å². The van der Waals surface area contributed by atoms with Crippen molar-refractivity contribution in [1.82, 2.24) is 14.8 Å². The monoisotopic (exact) mass is 197 g/mol. The van der Waals surface area contributed by atoms with E-state index in [2.05, 4.69) is 17.0 Å². The molecule has 1 atom stereocenters. The van der Waals surface area contributed by atoms with Gasteiger partial charge in [0.15, 0.2) is 0 Å². The summed E-state index contributed by atoms with van der Waals surface area (Å²) >= 11 is 0. The van der Waals surface area contributed by atoms with Gasteiger partial charge in [-0.1, -0.05) is 13.3 Å². The second-order valence-electron chi connectivity index (χ2n) is 3.47. The minimum absolute atomic E-state index is 0.193. The average molecular weight is 197 g/mol. The Morgan fingerprint density at radius 2 is 2.21 bits per heavy atom. The second kappa shape index (κ2) is 5.75. The van der Waals surface area contributed by atoms with E-state index in [1.807, 2.05) is 11.6 Å². The zero-order valence-corrected chi connectivity index (χ0v) is 8.98. The lowest BCUT2D eigenvalue weighted by Crippen LogP contribution is -2.10. The molecular weight excluding hydrogens is 178 g/mol. The molecule has 14 heavy (non-hydrogen) atoms. The summed E-state index contributed by atoms with van der Waals surface area (Å²) in [6.45, 7) is 4.97. The summed E-state index contributed by atoms with van der Waals surface area (Å²) in [5.41, 5.74) is 0. The molecular formula is C10H19N3O. The molecule has 0 aliphatic carbocycles. The van der Waals surface area contributed by atoms with Gasteiger partial charge in [-0.15, -0.1) is 0 Å². The van der Waals surface area contributed by atoms with E-state index in [4.69, 9.17) is 0 Å². The number of rotatable bonds is 6. The molecule has 1 heterocycles. The van der Waals surface area contributed by atoms with Crippen molar-refractivity contribution in [2.75, 3.05) is 0 Å². The smallest absolute Gasteiger partial charge is 0.138 e. The minimum atomic E-state index is -0.193. The Morgan fingerprint density at radius 3 is 2.86 bits per heavy atom. The molecule has 80 valence electrons. The molecule has 4 nitrogen and oxygen atoms in total. The number of hydrogen-bond acceptors (Lipinski definition) is 3. The first-order chi connectivity index (χ1) is 6.77. The van der Waals surface area contributed by atoms with Gasteiger partial charge in [0, 0.05) is 13.0 Å². The Labute approximate surface area is 85.0 Å². The lowest BCUT2D eigenvalue weighted by atomic mass is 10.1. The van der Waals surface area contributed by atoms with Crippen LogP contribution in [-0.4, -0.2) is 26.0 Å². The Morgan fingerprint density at radius 1 is 1.43 bits per heavy atom. The quantitative estimate of drug-likeness (QED) is 0.749. The average Bonchev–Trinajstić information content (AvgIpc) is 2.62. The summed E-state index contributed by atoms with van der Waals surface area (Å²) in [7, 11) is 0. The largest absolute Gasteiger partial charge is 0.393 e. The Kier molecular flexibility index (Phi) is 4.59. The van der Waals surface area contributed by atoms with Crippen LogP contribution in [-0.2, 0) is 13.0 Å². The molecule has 4 heteroatoms. The van der Waals surface area contributed by atoms with Gasteiger partial charge in [-0.2, -0.15) is 5.10 Å². The standard InChI is InChI=1S/C10H19N3O/c1-3-5-9(14)6-7-10-11-8-12-13(10)4-2/h8-9,14H,3-7H2,1-2H3. The summed E-state index contributed by atoms with van der Waals surface area (Å²) in [5, 5.41) is 13.6. The van der Waals surface area contributed by atoms with Gasteiger partial charge in [0.2, 0.25) is 0 Å². The van der Waals surface area contributed by atoms with Crippen molar-refractivity contribution in [2.24, 2.45) is 0 Å².